The van der Waals surface area contributed by atoms with Crippen molar-refractivity contribution in [3.63, 3.8) is 0 Å². The Morgan fingerprint density at radius 2 is 1.96 bits per heavy atom. The maximum atomic E-state index is 12.3. The van der Waals surface area contributed by atoms with Crippen LogP contribution in [0.15, 0.2) is 42.0 Å². The van der Waals surface area contributed by atoms with Gasteiger partial charge in [0.05, 0.1) is 12.8 Å². The fourth-order valence-electron chi connectivity index (χ4n) is 2.35. The Bertz CT molecular complexity index is 935. The zero-order valence-corrected chi connectivity index (χ0v) is 15.7. The summed E-state index contributed by atoms with van der Waals surface area (Å²) >= 11 is 1.36. The summed E-state index contributed by atoms with van der Waals surface area (Å²) in [5.74, 6) is -0.302. The van der Waals surface area contributed by atoms with Gasteiger partial charge in [0.1, 0.15) is 17.3 Å². The lowest BCUT2D eigenvalue weighted by molar-refractivity contribution is -0.176. The van der Waals surface area contributed by atoms with Crippen molar-refractivity contribution in [1.29, 1.82) is 0 Å². The van der Waals surface area contributed by atoms with Crippen LogP contribution in [0.3, 0.4) is 0 Å². The number of nitrogens with one attached hydrogen (secondary N) is 1. The fraction of sp³-hybridized carbons (Fsp3) is 0.278. The molecule has 1 N–H and O–H groups in total. The van der Waals surface area contributed by atoms with Gasteiger partial charge in [0.25, 0.3) is 5.91 Å². The molecule has 0 aliphatic carbocycles. The molecule has 148 valence electrons. The maximum absolute atomic E-state index is 12.3. The third-order valence-corrected chi connectivity index (χ3v) is 4.59. The van der Waals surface area contributed by atoms with Crippen molar-refractivity contribution >= 4 is 17.2 Å². The minimum absolute atomic E-state index is 0.123. The fourth-order valence-corrected chi connectivity index (χ4v) is 3.13. The molecule has 2 aromatic heterocycles. The van der Waals surface area contributed by atoms with E-state index in [4.69, 9.17) is 0 Å². The molecular weight excluding hydrogens is 393 g/mol. The van der Waals surface area contributed by atoms with Gasteiger partial charge < -0.3 is 10.1 Å². The standard InChI is InChI=1S/C18H17F3N4O2S/c1-25-8-14(7-23-25)17-24-15(10-28-17)16(26)22-6-12-2-4-13(5-3-12)9-27-11-18(19,20)21/h2-5,7-8,10H,6,9,11H2,1H3,(H,22,26). The SMILES string of the molecule is Cn1cc(-c2nc(C(=O)NCc3ccc(COCC(F)(F)F)cc3)cs2)cn1. The van der Waals surface area contributed by atoms with Crippen molar-refractivity contribution in [2.45, 2.75) is 19.3 Å². The highest BCUT2D eigenvalue weighted by Gasteiger charge is 2.27. The molecule has 0 aliphatic rings. The number of thiazole rings is 1. The zero-order chi connectivity index (χ0) is 20.1. The summed E-state index contributed by atoms with van der Waals surface area (Å²) < 4.78 is 42.5. The molecule has 0 saturated heterocycles. The summed E-state index contributed by atoms with van der Waals surface area (Å²) in [6.45, 7) is -1.12. The molecule has 0 fully saturated rings. The van der Waals surface area contributed by atoms with Gasteiger partial charge in [-0.15, -0.1) is 11.3 Å². The van der Waals surface area contributed by atoms with Gasteiger partial charge in [0.2, 0.25) is 0 Å². The van der Waals surface area contributed by atoms with Gasteiger partial charge in [0, 0.05) is 30.7 Å². The van der Waals surface area contributed by atoms with E-state index in [1.54, 1.807) is 47.6 Å². The lowest BCUT2D eigenvalue weighted by Gasteiger charge is -2.08. The van der Waals surface area contributed by atoms with Gasteiger partial charge in [-0.05, 0) is 11.1 Å². The van der Waals surface area contributed by atoms with E-state index in [2.05, 4.69) is 20.1 Å². The molecule has 0 saturated carbocycles. The van der Waals surface area contributed by atoms with Crippen molar-refractivity contribution in [3.8, 4) is 10.6 Å². The lowest BCUT2D eigenvalue weighted by atomic mass is 10.1. The van der Waals surface area contributed by atoms with Gasteiger partial charge in [-0.3, -0.25) is 9.48 Å². The van der Waals surface area contributed by atoms with Crippen LogP contribution in [0.1, 0.15) is 21.6 Å². The number of carbonyl (C=O) groups excluding carboxylic acids is 1. The largest absolute Gasteiger partial charge is 0.411 e. The number of benzene rings is 1. The summed E-state index contributed by atoms with van der Waals surface area (Å²) in [7, 11) is 1.80. The minimum Gasteiger partial charge on any atom is -0.367 e. The van der Waals surface area contributed by atoms with Crippen LogP contribution in [0.5, 0.6) is 0 Å². The molecule has 1 amide bonds. The van der Waals surface area contributed by atoms with Gasteiger partial charge >= 0.3 is 6.18 Å². The maximum Gasteiger partial charge on any atom is 0.411 e. The van der Waals surface area contributed by atoms with Gasteiger partial charge in [-0.2, -0.15) is 18.3 Å². The molecule has 0 spiro atoms. The lowest BCUT2D eigenvalue weighted by Crippen LogP contribution is -2.23. The van der Waals surface area contributed by atoms with Gasteiger partial charge in [-0.1, -0.05) is 24.3 Å². The van der Waals surface area contributed by atoms with Crippen molar-refractivity contribution in [3.05, 3.63) is 58.9 Å². The van der Waals surface area contributed by atoms with E-state index in [0.717, 1.165) is 11.1 Å². The first kappa shape index (κ1) is 20.0. The van der Waals surface area contributed by atoms with Crippen LogP contribution in [0.4, 0.5) is 13.2 Å². The number of aryl methyl sites for hydroxylation is 1. The summed E-state index contributed by atoms with van der Waals surface area (Å²) in [6, 6.07) is 6.80. The number of hydrogen-bond donors (Lipinski definition) is 1. The normalized spacial score (nSPS) is 11.6. The molecule has 1 aromatic carbocycles. The number of ether oxygens (including phenoxy) is 1. The number of halogens is 3. The monoisotopic (exact) mass is 410 g/mol. The number of hydrogen-bond acceptors (Lipinski definition) is 5. The molecule has 6 nitrogen and oxygen atoms in total. The van der Waals surface area contributed by atoms with E-state index in [-0.39, 0.29) is 19.1 Å². The van der Waals surface area contributed by atoms with E-state index >= 15 is 0 Å². The molecule has 10 heteroatoms. The Morgan fingerprint density at radius 3 is 2.61 bits per heavy atom. The Balaban J connectivity index is 1.50. The molecule has 0 unspecified atom stereocenters. The molecule has 0 atom stereocenters. The first-order valence-corrected chi connectivity index (χ1v) is 9.13. The summed E-state index contributed by atoms with van der Waals surface area (Å²) in [4.78, 5) is 16.6. The number of nitrogens with zero attached hydrogens (tertiary/aromatic N) is 3. The van der Waals surface area contributed by atoms with Crippen LogP contribution < -0.4 is 5.32 Å². The quantitative estimate of drug-likeness (QED) is 0.647. The first-order valence-electron chi connectivity index (χ1n) is 8.25. The third-order valence-electron chi connectivity index (χ3n) is 3.70. The molecule has 3 aromatic rings. The predicted molar refractivity (Wildman–Crippen MR) is 97.6 cm³/mol. The minimum atomic E-state index is -4.34. The average molecular weight is 410 g/mol. The summed E-state index contributed by atoms with van der Waals surface area (Å²) in [5.41, 5.74) is 2.60. The molecule has 3 rings (SSSR count). The second-order valence-electron chi connectivity index (χ2n) is 6.05. The van der Waals surface area contributed by atoms with Crippen LogP contribution in [0, 0.1) is 0 Å². The highest BCUT2D eigenvalue weighted by molar-refractivity contribution is 7.13. The molecular formula is C18H17F3N4O2S. The Kier molecular flexibility index (Phi) is 6.10. The number of alkyl halides is 3. The highest BCUT2D eigenvalue weighted by atomic mass is 32.1. The van der Waals surface area contributed by atoms with Crippen LogP contribution >= 0.6 is 11.3 Å². The van der Waals surface area contributed by atoms with E-state index < -0.39 is 12.8 Å². The van der Waals surface area contributed by atoms with E-state index in [1.807, 2.05) is 6.20 Å². The molecule has 0 radical (unpaired) electrons. The molecule has 2 heterocycles. The van der Waals surface area contributed by atoms with Gasteiger partial charge in [-0.25, -0.2) is 4.98 Å². The smallest absolute Gasteiger partial charge is 0.367 e. The van der Waals surface area contributed by atoms with E-state index in [9.17, 15) is 18.0 Å². The topological polar surface area (TPSA) is 69.0 Å². The van der Waals surface area contributed by atoms with Crippen molar-refractivity contribution in [1.82, 2.24) is 20.1 Å². The Morgan fingerprint density at radius 1 is 1.25 bits per heavy atom. The summed E-state index contributed by atoms with van der Waals surface area (Å²) in [5, 5.41) is 9.24. The van der Waals surface area contributed by atoms with Crippen LogP contribution in [0.2, 0.25) is 0 Å². The van der Waals surface area contributed by atoms with E-state index in [1.165, 1.54) is 11.3 Å². The average Bonchev–Trinajstić information content (AvgIpc) is 3.29. The molecule has 28 heavy (non-hydrogen) atoms. The van der Waals surface area contributed by atoms with Crippen molar-refractivity contribution < 1.29 is 22.7 Å². The first-order chi connectivity index (χ1) is 13.3. The second kappa shape index (κ2) is 8.53. The number of carbonyl (C=O) groups is 1. The van der Waals surface area contributed by atoms with Gasteiger partial charge in [0.15, 0.2) is 0 Å². The zero-order valence-electron chi connectivity index (χ0n) is 14.9. The van der Waals surface area contributed by atoms with Crippen LogP contribution in [-0.4, -0.2) is 33.5 Å². The number of amides is 1. The Labute approximate surface area is 163 Å². The predicted octanol–water partition coefficient (Wildman–Crippen LogP) is 3.55. The summed E-state index contributed by atoms with van der Waals surface area (Å²) in [6.07, 6.45) is -0.836. The number of rotatable bonds is 7. The highest BCUT2D eigenvalue weighted by Crippen LogP contribution is 2.23. The van der Waals surface area contributed by atoms with E-state index in [0.29, 0.717) is 16.3 Å². The van der Waals surface area contributed by atoms with Crippen LogP contribution in [-0.2, 0) is 24.9 Å². The Hall–Kier alpha value is -2.72. The molecule has 0 bridgehead atoms. The molecule has 0 aliphatic heterocycles. The third kappa shape index (κ3) is 5.64. The van der Waals surface area contributed by atoms with Crippen molar-refractivity contribution in [2.75, 3.05) is 6.61 Å². The number of aromatic nitrogens is 3. The second-order valence-corrected chi connectivity index (χ2v) is 6.91. The van der Waals surface area contributed by atoms with Crippen LogP contribution in [0.25, 0.3) is 10.6 Å². The van der Waals surface area contributed by atoms with Crippen molar-refractivity contribution in [2.24, 2.45) is 7.05 Å².